The maximum absolute atomic E-state index is 14.5. The molecule has 11 nitrogen and oxygen atoms in total. The van der Waals surface area contributed by atoms with E-state index in [1.807, 2.05) is 13.0 Å². The molecule has 0 saturated carbocycles. The zero-order chi connectivity index (χ0) is 30.5. The fraction of sp³-hybridized carbons (Fsp3) is 0.267. The molecule has 2 atom stereocenters. The minimum absolute atomic E-state index is 0.0107. The van der Waals surface area contributed by atoms with Gasteiger partial charge in [-0.1, -0.05) is 42.3 Å². The Labute approximate surface area is 251 Å². The predicted octanol–water partition coefficient (Wildman–Crippen LogP) is 5.92. The number of hydrogen-bond donors (Lipinski definition) is 3. The summed E-state index contributed by atoms with van der Waals surface area (Å²) in [5, 5.41) is 16.4. The van der Waals surface area contributed by atoms with E-state index in [1.165, 1.54) is 25.4 Å². The van der Waals surface area contributed by atoms with Gasteiger partial charge in [0.1, 0.15) is 5.69 Å². The molecule has 222 valence electrons. The molecule has 0 saturated heterocycles. The van der Waals surface area contributed by atoms with E-state index in [1.54, 1.807) is 36.5 Å². The summed E-state index contributed by atoms with van der Waals surface area (Å²) in [6.45, 7) is 1.95. The Morgan fingerprint density at radius 2 is 2.02 bits per heavy atom. The average molecular weight is 606 g/mol. The van der Waals surface area contributed by atoms with E-state index in [9.17, 15) is 18.8 Å². The molecule has 2 aromatic heterocycles. The topological polar surface area (TPSA) is 140 Å². The molecule has 1 unspecified atom stereocenters. The van der Waals surface area contributed by atoms with E-state index in [-0.39, 0.29) is 28.2 Å². The Hall–Kier alpha value is -4.84. The first-order valence-electron chi connectivity index (χ1n) is 13.7. The Morgan fingerprint density at radius 3 is 2.81 bits per heavy atom. The van der Waals surface area contributed by atoms with E-state index >= 15 is 0 Å². The smallest absolute Gasteiger partial charge is 0.411 e. The number of halogens is 2. The van der Waals surface area contributed by atoms with Crippen LogP contribution in [-0.4, -0.2) is 45.0 Å². The zero-order valence-corrected chi connectivity index (χ0v) is 24.2. The second-order valence-corrected chi connectivity index (χ2v) is 10.4. The van der Waals surface area contributed by atoms with Gasteiger partial charge in [0.2, 0.25) is 5.91 Å². The van der Waals surface area contributed by atoms with Crippen molar-refractivity contribution in [2.75, 3.05) is 17.7 Å². The number of benzene rings is 2. The zero-order valence-electron chi connectivity index (χ0n) is 23.4. The maximum atomic E-state index is 14.5. The summed E-state index contributed by atoms with van der Waals surface area (Å²) in [5.74, 6) is -1.61. The number of fused-ring (bicyclic) bond motifs is 4. The highest BCUT2D eigenvalue weighted by Crippen LogP contribution is 2.34. The van der Waals surface area contributed by atoms with Crippen molar-refractivity contribution in [3.05, 3.63) is 83.2 Å². The number of ether oxygens (including phenoxy) is 1. The number of rotatable bonds is 5. The van der Waals surface area contributed by atoms with E-state index in [0.29, 0.717) is 48.3 Å². The van der Waals surface area contributed by atoms with E-state index in [2.05, 4.69) is 31.2 Å². The molecule has 2 aromatic carbocycles. The predicted molar refractivity (Wildman–Crippen MR) is 158 cm³/mol. The third-order valence-electron chi connectivity index (χ3n) is 7.28. The fourth-order valence-corrected chi connectivity index (χ4v) is 5.13. The molecule has 13 heteroatoms. The number of hydrogen-bond acceptors (Lipinski definition) is 7. The van der Waals surface area contributed by atoms with Crippen LogP contribution >= 0.6 is 11.6 Å². The van der Waals surface area contributed by atoms with Gasteiger partial charge in [0, 0.05) is 23.4 Å². The summed E-state index contributed by atoms with van der Waals surface area (Å²) in [4.78, 5) is 43.0. The lowest BCUT2D eigenvalue weighted by Gasteiger charge is -2.23. The number of nitrogens with one attached hydrogen (secondary N) is 3. The van der Waals surface area contributed by atoms with Crippen LogP contribution in [0.25, 0.3) is 16.8 Å². The van der Waals surface area contributed by atoms with Gasteiger partial charge >= 0.3 is 6.09 Å². The van der Waals surface area contributed by atoms with Crippen LogP contribution in [0.4, 0.5) is 20.6 Å². The molecule has 3 heterocycles. The lowest BCUT2D eigenvalue weighted by atomic mass is 9.93. The molecule has 3 N–H and O–H groups in total. The summed E-state index contributed by atoms with van der Waals surface area (Å²) in [7, 11) is 1.27. The van der Waals surface area contributed by atoms with E-state index < -0.39 is 23.9 Å². The van der Waals surface area contributed by atoms with Crippen molar-refractivity contribution in [3.63, 3.8) is 0 Å². The van der Waals surface area contributed by atoms with Crippen molar-refractivity contribution in [1.82, 2.24) is 25.3 Å². The molecule has 0 radical (unpaired) electrons. The largest absolute Gasteiger partial charge is 0.453 e. The van der Waals surface area contributed by atoms with Gasteiger partial charge in [-0.15, -0.1) is 5.10 Å². The monoisotopic (exact) mass is 605 g/mol. The Balaban J connectivity index is 1.47. The summed E-state index contributed by atoms with van der Waals surface area (Å²) < 4.78 is 20.4. The van der Waals surface area contributed by atoms with Crippen LogP contribution in [-0.2, 0) is 9.53 Å². The lowest BCUT2D eigenvalue weighted by molar-refractivity contribution is -0.120. The highest BCUT2D eigenvalue weighted by Gasteiger charge is 2.24. The van der Waals surface area contributed by atoms with Crippen LogP contribution in [0, 0.1) is 11.7 Å². The number of aromatic nitrogens is 4. The molecule has 0 spiro atoms. The van der Waals surface area contributed by atoms with Crippen LogP contribution in [0.5, 0.6) is 0 Å². The van der Waals surface area contributed by atoms with Gasteiger partial charge in [0.25, 0.3) is 5.91 Å². The molecule has 0 aliphatic carbocycles. The normalized spacial score (nSPS) is 16.6. The molecule has 1 aliphatic heterocycles. The highest BCUT2D eigenvalue weighted by molar-refractivity contribution is 6.30. The van der Waals surface area contributed by atoms with Gasteiger partial charge in [0.15, 0.2) is 11.5 Å². The first-order chi connectivity index (χ1) is 20.8. The van der Waals surface area contributed by atoms with Gasteiger partial charge in [-0.25, -0.2) is 13.9 Å². The number of carbonyl (C=O) groups is 3. The summed E-state index contributed by atoms with van der Waals surface area (Å²) in [5.41, 5.74) is 3.09. The fourth-order valence-electron chi connectivity index (χ4n) is 4.96. The molecule has 0 fully saturated rings. The third-order valence-corrected chi connectivity index (χ3v) is 7.57. The third kappa shape index (κ3) is 6.64. The van der Waals surface area contributed by atoms with Crippen molar-refractivity contribution in [1.29, 1.82) is 0 Å². The van der Waals surface area contributed by atoms with Crippen molar-refractivity contribution in [2.24, 2.45) is 5.92 Å². The lowest BCUT2D eigenvalue weighted by Crippen LogP contribution is -2.30. The number of nitrogens with zero attached hydrogens (tertiary/aromatic N) is 4. The molecular weight excluding hydrogens is 577 g/mol. The second kappa shape index (κ2) is 13.0. The van der Waals surface area contributed by atoms with Crippen LogP contribution in [0.15, 0.2) is 60.9 Å². The number of amides is 3. The molecule has 43 heavy (non-hydrogen) atoms. The quantitative estimate of drug-likeness (QED) is 0.256. The Kier molecular flexibility index (Phi) is 8.96. The Bertz CT molecular complexity index is 1680. The summed E-state index contributed by atoms with van der Waals surface area (Å²) in [6, 6.07) is 12.8. The number of carbonyl (C=O) groups excluding carboxylic acids is 3. The van der Waals surface area contributed by atoms with Gasteiger partial charge in [-0.05, 0) is 61.2 Å². The first kappa shape index (κ1) is 29.6. The number of pyridine rings is 1. The van der Waals surface area contributed by atoms with E-state index in [4.69, 9.17) is 16.3 Å². The van der Waals surface area contributed by atoms with Crippen LogP contribution in [0.2, 0.25) is 5.02 Å². The summed E-state index contributed by atoms with van der Waals surface area (Å²) >= 11 is 5.90. The number of methoxy groups -OCH3 is 1. The molecule has 2 bridgehead atoms. The molecule has 5 rings (SSSR count). The minimum Gasteiger partial charge on any atom is -0.453 e. The van der Waals surface area contributed by atoms with Gasteiger partial charge in [0.05, 0.1) is 35.8 Å². The molecule has 3 amide bonds. The molecular formula is C30H29ClFN7O4. The minimum atomic E-state index is -0.677. The SMILES string of the molecule is CCC1CCC[C@H](NC(=O)c2cn(-c3cccc(Cl)c3F)nn2)c2cc(ccn2)-c2ccc(NC(=O)OC)cc2NC1=O. The molecule has 1 aliphatic rings. The van der Waals surface area contributed by atoms with Crippen molar-refractivity contribution < 1.29 is 23.5 Å². The van der Waals surface area contributed by atoms with Crippen molar-refractivity contribution >= 4 is 40.9 Å². The summed E-state index contributed by atoms with van der Waals surface area (Å²) in [6.07, 6.45) is 4.66. The van der Waals surface area contributed by atoms with Crippen molar-refractivity contribution in [2.45, 2.75) is 38.6 Å². The van der Waals surface area contributed by atoms with Crippen LogP contribution in [0.1, 0.15) is 54.8 Å². The van der Waals surface area contributed by atoms with Gasteiger partial charge < -0.3 is 15.4 Å². The van der Waals surface area contributed by atoms with E-state index in [0.717, 1.165) is 10.2 Å². The average Bonchev–Trinajstić information content (AvgIpc) is 3.50. The first-order valence-corrected chi connectivity index (χ1v) is 14.1. The van der Waals surface area contributed by atoms with Gasteiger partial charge in [-0.3, -0.25) is 19.9 Å². The van der Waals surface area contributed by atoms with Gasteiger partial charge in [-0.2, -0.15) is 0 Å². The number of anilines is 2. The van der Waals surface area contributed by atoms with Crippen LogP contribution < -0.4 is 16.0 Å². The maximum Gasteiger partial charge on any atom is 0.411 e. The van der Waals surface area contributed by atoms with Crippen molar-refractivity contribution in [3.8, 4) is 16.8 Å². The highest BCUT2D eigenvalue weighted by atomic mass is 35.5. The Morgan fingerprint density at radius 1 is 1.19 bits per heavy atom. The molecule has 4 aromatic rings. The second-order valence-electron chi connectivity index (χ2n) is 10.0. The standard InChI is InChI=1S/C30H29ClFN7O4/c1-3-17-6-4-8-22(35-29(41)25-16-39(38-37-25)26-9-5-7-21(31)27(26)32)24-14-18(12-13-33-24)20-11-10-19(34-30(42)43-2)15-23(20)36-28(17)40/h5,7,9-17,22H,3-4,6,8H2,1-2H3,(H,34,42)(H,35,41)(H,36,40)/t17?,22-/m0/s1. The van der Waals surface area contributed by atoms with Crippen LogP contribution in [0.3, 0.4) is 0 Å².